The summed E-state index contributed by atoms with van der Waals surface area (Å²) in [6.45, 7) is 6.18. The maximum atomic E-state index is 5.52. The number of hydrogen-bond donors (Lipinski definition) is 1. The van der Waals surface area contributed by atoms with Crippen LogP contribution in [0.1, 0.15) is 23.9 Å². The highest BCUT2D eigenvalue weighted by Crippen LogP contribution is 2.27. The minimum atomic E-state index is 0.587. The number of hydrogen-bond acceptors (Lipinski definition) is 5. The Morgan fingerprint density at radius 3 is 2.95 bits per heavy atom. The largest absolute Gasteiger partial charge is 0.376 e. The van der Waals surface area contributed by atoms with Crippen LogP contribution in [0, 0.1) is 6.92 Å². The molecular weight excluding hydrogens is 254 g/mol. The van der Waals surface area contributed by atoms with Crippen LogP contribution < -0.4 is 5.32 Å². The molecular formula is C14H19N5O. The summed E-state index contributed by atoms with van der Waals surface area (Å²) in [5, 5.41) is 7.68. The summed E-state index contributed by atoms with van der Waals surface area (Å²) >= 11 is 0. The van der Waals surface area contributed by atoms with Crippen LogP contribution >= 0.6 is 0 Å². The Labute approximate surface area is 118 Å². The molecule has 3 heterocycles. The van der Waals surface area contributed by atoms with Crippen molar-refractivity contribution in [2.45, 2.75) is 26.9 Å². The highest BCUT2D eigenvalue weighted by molar-refractivity contribution is 5.61. The van der Waals surface area contributed by atoms with Crippen LogP contribution in [0.3, 0.4) is 0 Å². The van der Waals surface area contributed by atoms with Gasteiger partial charge < -0.3 is 10.1 Å². The quantitative estimate of drug-likeness (QED) is 0.922. The van der Waals surface area contributed by atoms with Gasteiger partial charge in [0.25, 0.3) is 0 Å². The maximum Gasteiger partial charge on any atom is 0.165 e. The van der Waals surface area contributed by atoms with Gasteiger partial charge in [-0.1, -0.05) is 0 Å². The van der Waals surface area contributed by atoms with Crippen LogP contribution in [0.5, 0.6) is 0 Å². The Kier molecular flexibility index (Phi) is 3.40. The average Bonchev–Trinajstić information content (AvgIpc) is 2.78. The maximum absolute atomic E-state index is 5.52. The molecule has 2 aromatic heterocycles. The first-order valence-electron chi connectivity index (χ1n) is 6.91. The molecule has 0 aliphatic carbocycles. The van der Waals surface area contributed by atoms with Crippen molar-refractivity contribution in [3.63, 3.8) is 0 Å². The summed E-state index contributed by atoms with van der Waals surface area (Å²) in [4.78, 5) is 9.38. The van der Waals surface area contributed by atoms with E-state index in [2.05, 4.69) is 22.3 Å². The lowest BCUT2D eigenvalue weighted by molar-refractivity contribution is 0.109. The van der Waals surface area contributed by atoms with E-state index < -0.39 is 0 Å². The predicted molar refractivity (Wildman–Crippen MR) is 76.5 cm³/mol. The van der Waals surface area contributed by atoms with Crippen molar-refractivity contribution in [1.29, 1.82) is 0 Å². The summed E-state index contributed by atoms with van der Waals surface area (Å²) in [6.07, 6.45) is 2.80. The van der Waals surface area contributed by atoms with Gasteiger partial charge >= 0.3 is 0 Å². The van der Waals surface area contributed by atoms with E-state index in [0.29, 0.717) is 6.61 Å². The van der Waals surface area contributed by atoms with Gasteiger partial charge in [0.1, 0.15) is 5.82 Å². The molecule has 0 spiro atoms. The molecule has 6 heteroatoms. The number of aryl methyl sites for hydroxylation is 2. The highest BCUT2D eigenvalue weighted by Gasteiger charge is 2.20. The van der Waals surface area contributed by atoms with Crippen LogP contribution in [0.2, 0.25) is 0 Å². The van der Waals surface area contributed by atoms with Gasteiger partial charge in [-0.2, -0.15) is 5.10 Å². The van der Waals surface area contributed by atoms with Gasteiger partial charge in [-0.05, 0) is 13.8 Å². The lowest BCUT2D eigenvalue weighted by Gasteiger charge is -2.19. The number of fused-ring (bicyclic) bond motifs is 1. The molecule has 2 aromatic rings. The zero-order valence-electron chi connectivity index (χ0n) is 12.1. The first kappa shape index (κ1) is 13.1. The molecule has 0 unspecified atom stereocenters. The number of anilines is 1. The molecule has 0 fully saturated rings. The topological polar surface area (TPSA) is 64.9 Å². The van der Waals surface area contributed by atoms with E-state index >= 15 is 0 Å². The van der Waals surface area contributed by atoms with Gasteiger partial charge in [0.15, 0.2) is 5.82 Å². The van der Waals surface area contributed by atoms with Crippen molar-refractivity contribution in [2.24, 2.45) is 7.05 Å². The molecule has 1 N–H and O–H groups in total. The third kappa shape index (κ3) is 2.27. The van der Waals surface area contributed by atoms with Crippen molar-refractivity contribution in [3.8, 4) is 11.4 Å². The zero-order valence-corrected chi connectivity index (χ0v) is 12.1. The first-order valence-corrected chi connectivity index (χ1v) is 6.91. The van der Waals surface area contributed by atoms with E-state index in [1.54, 1.807) is 4.68 Å². The molecule has 20 heavy (non-hydrogen) atoms. The fourth-order valence-electron chi connectivity index (χ4n) is 2.49. The Morgan fingerprint density at radius 1 is 1.40 bits per heavy atom. The van der Waals surface area contributed by atoms with Crippen molar-refractivity contribution in [2.75, 3.05) is 18.5 Å². The zero-order chi connectivity index (χ0) is 14.1. The third-order valence-corrected chi connectivity index (χ3v) is 3.42. The van der Waals surface area contributed by atoms with Gasteiger partial charge in [-0.3, -0.25) is 4.68 Å². The molecule has 0 atom stereocenters. The summed E-state index contributed by atoms with van der Waals surface area (Å²) in [7, 11) is 1.91. The number of ether oxygens (including phenoxy) is 1. The SMILES string of the molecule is CCNc1nc(-c2cn(C)nc2C)nc2c1COCC2. The van der Waals surface area contributed by atoms with Crippen molar-refractivity contribution >= 4 is 5.82 Å². The molecule has 1 aliphatic heterocycles. The summed E-state index contributed by atoms with van der Waals surface area (Å²) in [5.41, 5.74) is 4.10. The number of rotatable bonds is 3. The number of aromatic nitrogens is 4. The minimum absolute atomic E-state index is 0.587. The normalized spacial score (nSPS) is 14.2. The fraction of sp³-hybridized carbons (Fsp3) is 0.500. The van der Waals surface area contributed by atoms with E-state index in [9.17, 15) is 0 Å². The summed E-state index contributed by atoms with van der Waals surface area (Å²) < 4.78 is 7.32. The van der Waals surface area contributed by atoms with Gasteiger partial charge in [-0.15, -0.1) is 0 Å². The van der Waals surface area contributed by atoms with E-state index in [-0.39, 0.29) is 0 Å². The lowest BCUT2D eigenvalue weighted by atomic mass is 10.1. The van der Waals surface area contributed by atoms with Crippen LogP contribution in [0.15, 0.2) is 6.20 Å². The Hall–Kier alpha value is -1.95. The van der Waals surface area contributed by atoms with Gasteiger partial charge in [0, 0.05) is 31.8 Å². The smallest absolute Gasteiger partial charge is 0.165 e. The van der Waals surface area contributed by atoms with Crippen molar-refractivity contribution in [3.05, 3.63) is 23.1 Å². The predicted octanol–water partition coefficient (Wildman–Crippen LogP) is 1.69. The van der Waals surface area contributed by atoms with E-state index in [1.807, 2.05) is 20.2 Å². The second kappa shape index (κ2) is 5.20. The molecule has 0 aromatic carbocycles. The summed E-state index contributed by atoms with van der Waals surface area (Å²) in [5.74, 6) is 1.63. The standard InChI is InChI=1S/C14H19N5O/c1-4-15-13-11-8-20-6-5-12(11)16-14(17-13)10-7-19(3)18-9(10)2/h7H,4-6,8H2,1-3H3,(H,15,16,17). The second-order valence-corrected chi connectivity index (χ2v) is 4.96. The van der Waals surface area contributed by atoms with Crippen LogP contribution in [-0.2, 0) is 24.8 Å². The second-order valence-electron chi connectivity index (χ2n) is 4.96. The average molecular weight is 273 g/mol. The van der Waals surface area contributed by atoms with Crippen LogP contribution in [0.4, 0.5) is 5.82 Å². The van der Waals surface area contributed by atoms with E-state index in [1.165, 1.54) is 0 Å². The molecule has 0 amide bonds. The van der Waals surface area contributed by atoms with Gasteiger partial charge in [-0.25, -0.2) is 9.97 Å². The van der Waals surface area contributed by atoms with Gasteiger partial charge in [0.05, 0.1) is 30.2 Å². The van der Waals surface area contributed by atoms with Crippen molar-refractivity contribution in [1.82, 2.24) is 19.7 Å². The van der Waals surface area contributed by atoms with Gasteiger partial charge in [0.2, 0.25) is 0 Å². The molecule has 106 valence electrons. The molecule has 0 radical (unpaired) electrons. The first-order chi connectivity index (χ1) is 9.69. The highest BCUT2D eigenvalue weighted by atomic mass is 16.5. The summed E-state index contributed by atoms with van der Waals surface area (Å²) in [6, 6.07) is 0. The fourth-order valence-corrected chi connectivity index (χ4v) is 2.49. The van der Waals surface area contributed by atoms with E-state index in [4.69, 9.17) is 9.72 Å². The third-order valence-electron chi connectivity index (χ3n) is 3.42. The molecule has 0 saturated heterocycles. The van der Waals surface area contributed by atoms with Crippen LogP contribution in [0.25, 0.3) is 11.4 Å². The monoisotopic (exact) mass is 273 g/mol. The van der Waals surface area contributed by atoms with Crippen molar-refractivity contribution < 1.29 is 4.74 Å². The Morgan fingerprint density at radius 2 is 2.25 bits per heavy atom. The molecule has 0 bridgehead atoms. The Bertz CT molecular complexity index is 635. The van der Waals surface area contributed by atoms with E-state index in [0.717, 1.165) is 53.7 Å². The molecule has 0 saturated carbocycles. The van der Waals surface area contributed by atoms with Crippen LogP contribution in [-0.4, -0.2) is 32.9 Å². The molecule has 3 rings (SSSR count). The number of nitrogens with one attached hydrogen (secondary N) is 1. The molecule has 6 nitrogen and oxygen atoms in total. The number of nitrogens with zero attached hydrogens (tertiary/aromatic N) is 4. The lowest BCUT2D eigenvalue weighted by Crippen LogP contribution is -2.17. The minimum Gasteiger partial charge on any atom is -0.376 e. The molecule has 1 aliphatic rings. The Balaban J connectivity index is 2.12.